The molecule has 1 rings (SSSR count). The summed E-state index contributed by atoms with van der Waals surface area (Å²) in [7, 11) is 0. The van der Waals surface area contributed by atoms with Crippen LogP contribution in [0.25, 0.3) is 0 Å². The van der Waals surface area contributed by atoms with Crippen molar-refractivity contribution in [2.45, 2.75) is 33.9 Å². The Morgan fingerprint density at radius 3 is 1.77 bits per heavy atom. The van der Waals surface area contributed by atoms with E-state index in [9.17, 15) is 13.2 Å². The van der Waals surface area contributed by atoms with Crippen molar-refractivity contribution in [3.05, 3.63) is 18.0 Å². The average Bonchev–Trinajstić information content (AvgIpc) is 2.40. The van der Waals surface area contributed by atoms with Crippen LogP contribution in [0, 0.1) is 6.92 Å². The lowest BCUT2D eigenvalue weighted by atomic mass is 10.4. The van der Waals surface area contributed by atoms with Crippen LogP contribution in [0.3, 0.4) is 0 Å². The van der Waals surface area contributed by atoms with E-state index in [1.165, 1.54) is 5.56 Å². The largest absolute Gasteiger partial charge is 0.386 e. The smallest absolute Gasteiger partial charge is 0.285 e. The number of H-pyrrole nitrogens is 1. The average molecular weight is 196 g/mol. The standard InChI is InChI=1S/C4H6N2.C2H3F3.C2H6/c1-4-2-5-6-3-4;1-2(3,4)5;1-2/h2-3H,1H3,(H,5,6);1H3;1-2H3. The van der Waals surface area contributed by atoms with Crippen LogP contribution in [-0.4, -0.2) is 16.4 Å². The summed E-state index contributed by atoms with van der Waals surface area (Å²) in [6.07, 6.45) is -0.375. The summed E-state index contributed by atoms with van der Waals surface area (Å²) < 4.78 is 31.1. The van der Waals surface area contributed by atoms with Crippen molar-refractivity contribution in [2.75, 3.05) is 0 Å². The molecule has 2 nitrogen and oxygen atoms in total. The number of aromatic amines is 1. The molecule has 0 atom stereocenters. The minimum atomic E-state index is -4.00. The van der Waals surface area contributed by atoms with Crippen LogP contribution < -0.4 is 0 Å². The molecule has 0 bridgehead atoms. The third kappa shape index (κ3) is 24.8. The van der Waals surface area contributed by atoms with Crippen molar-refractivity contribution in [1.29, 1.82) is 0 Å². The molecule has 0 fully saturated rings. The molecule has 13 heavy (non-hydrogen) atoms. The Bertz CT molecular complexity index is 174. The first kappa shape index (κ1) is 14.5. The first-order valence-electron chi connectivity index (χ1n) is 3.91. The molecule has 0 saturated carbocycles. The lowest BCUT2D eigenvalue weighted by molar-refractivity contribution is -0.110. The molecule has 5 heteroatoms. The Morgan fingerprint density at radius 2 is 1.69 bits per heavy atom. The van der Waals surface area contributed by atoms with E-state index in [0.717, 1.165) is 0 Å². The fraction of sp³-hybridized carbons (Fsp3) is 0.625. The lowest BCUT2D eigenvalue weighted by Crippen LogP contribution is -1.95. The number of hydrogen-bond donors (Lipinski definition) is 1. The quantitative estimate of drug-likeness (QED) is 0.677. The summed E-state index contributed by atoms with van der Waals surface area (Å²) in [5.74, 6) is 0. The summed E-state index contributed by atoms with van der Waals surface area (Å²) in [5.41, 5.74) is 1.18. The van der Waals surface area contributed by atoms with Gasteiger partial charge in [-0.1, -0.05) is 13.8 Å². The third-order valence-electron chi connectivity index (χ3n) is 0.635. The second-order valence-electron chi connectivity index (χ2n) is 2.06. The summed E-state index contributed by atoms with van der Waals surface area (Å²) in [6, 6.07) is 0. The van der Waals surface area contributed by atoms with E-state index in [1.54, 1.807) is 6.20 Å². The zero-order valence-corrected chi connectivity index (χ0v) is 8.24. The van der Waals surface area contributed by atoms with Gasteiger partial charge >= 0.3 is 6.18 Å². The highest BCUT2D eigenvalue weighted by Crippen LogP contribution is 2.10. The molecule has 0 aromatic carbocycles. The van der Waals surface area contributed by atoms with Gasteiger partial charge in [-0.15, -0.1) is 0 Å². The number of aromatic nitrogens is 2. The maximum Gasteiger partial charge on any atom is 0.386 e. The maximum absolute atomic E-state index is 10.4. The van der Waals surface area contributed by atoms with E-state index in [2.05, 4.69) is 10.2 Å². The van der Waals surface area contributed by atoms with Gasteiger partial charge in [-0.2, -0.15) is 18.3 Å². The summed E-state index contributed by atoms with van der Waals surface area (Å²) in [4.78, 5) is 0. The van der Waals surface area contributed by atoms with Crippen LogP contribution in [0.1, 0.15) is 26.3 Å². The van der Waals surface area contributed by atoms with Gasteiger partial charge in [0.05, 0.1) is 6.20 Å². The zero-order chi connectivity index (χ0) is 10.9. The first-order chi connectivity index (χ1) is 5.89. The molecule has 0 aliphatic heterocycles. The highest BCUT2D eigenvalue weighted by atomic mass is 19.4. The van der Waals surface area contributed by atoms with E-state index in [1.807, 2.05) is 27.0 Å². The molecule has 1 aromatic rings. The molecular weight excluding hydrogens is 181 g/mol. The van der Waals surface area contributed by atoms with Gasteiger partial charge in [0.15, 0.2) is 0 Å². The molecule has 78 valence electrons. The Balaban J connectivity index is 0. The van der Waals surface area contributed by atoms with Gasteiger partial charge in [-0.05, 0) is 12.5 Å². The molecule has 1 heterocycles. The highest BCUT2D eigenvalue weighted by Gasteiger charge is 2.15. The summed E-state index contributed by atoms with van der Waals surface area (Å²) in [5, 5.41) is 6.38. The number of hydrogen-bond acceptors (Lipinski definition) is 1. The zero-order valence-electron chi connectivity index (χ0n) is 8.24. The molecule has 0 unspecified atom stereocenters. The van der Waals surface area contributed by atoms with Crippen LogP contribution >= 0.6 is 0 Å². The molecule has 0 spiro atoms. The minimum absolute atomic E-state index is 0.188. The second-order valence-corrected chi connectivity index (χ2v) is 2.06. The lowest BCUT2D eigenvalue weighted by Gasteiger charge is -1.88. The summed E-state index contributed by atoms with van der Waals surface area (Å²) in [6.45, 7) is 6.18. The predicted molar refractivity (Wildman–Crippen MR) is 46.4 cm³/mol. The van der Waals surface area contributed by atoms with Crippen LogP contribution in [0.15, 0.2) is 12.4 Å². The van der Waals surface area contributed by atoms with Crippen molar-refractivity contribution >= 4 is 0 Å². The van der Waals surface area contributed by atoms with E-state index >= 15 is 0 Å². The SMILES string of the molecule is CC.CC(F)(F)F.Cc1cn[nH]c1. The number of rotatable bonds is 0. The highest BCUT2D eigenvalue weighted by molar-refractivity contribution is 4.96. The number of nitrogens with one attached hydrogen (secondary N) is 1. The van der Waals surface area contributed by atoms with Crippen LogP contribution in [-0.2, 0) is 0 Å². The van der Waals surface area contributed by atoms with Crippen molar-refractivity contribution in [1.82, 2.24) is 10.2 Å². The van der Waals surface area contributed by atoms with Gasteiger partial charge in [0.25, 0.3) is 0 Å². The van der Waals surface area contributed by atoms with Crippen molar-refractivity contribution < 1.29 is 13.2 Å². The molecule has 0 saturated heterocycles. The topological polar surface area (TPSA) is 28.7 Å². The fourth-order valence-electron chi connectivity index (χ4n) is 0.315. The number of aryl methyl sites for hydroxylation is 1. The molecular formula is C8H15F3N2. The van der Waals surface area contributed by atoms with E-state index in [0.29, 0.717) is 0 Å². The Kier molecular flexibility index (Phi) is 8.53. The molecule has 0 radical (unpaired) electrons. The van der Waals surface area contributed by atoms with Gasteiger partial charge in [0.2, 0.25) is 0 Å². The third-order valence-corrected chi connectivity index (χ3v) is 0.635. The number of halogens is 3. The minimum Gasteiger partial charge on any atom is -0.285 e. The van der Waals surface area contributed by atoms with E-state index in [-0.39, 0.29) is 6.92 Å². The van der Waals surface area contributed by atoms with Crippen molar-refractivity contribution in [2.24, 2.45) is 0 Å². The summed E-state index contributed by atoms with van der Waals surface area (Å²) >= 11 is 0. The fourth-order valence-corrected chi connectivity index (χ4v) is 0.315. The van der Waals surface area contributed by atoms with Gasteiger partial charge in [-0.25, -0.2) is 0 Å². The van der Waals surface area contributed by atoms with E-state index < -0.39 is 6.18 Å². The Hall–Kier alpha value is -1.00. The van der Waals surface area contributed by atoms with Crippen LogP contribution in [0.2, 0.25) is 0 Å². The molecule has 1 aromatic heterocycles. The van der Waals surface area contributed by atoms with Crippen LogP contribution in [0.5, 0.6) is 0 Å². The molecule has 0 aliphatic carbocycles. The van der Waals surface area contributed by atoms with Gasteiger partial charge in [0, 0.05) is 13.1 Å². The molecule has 1 N–H and O–H groups in total. The Morgan fingerprint density at radius 1 is 1.31 bits per heavy atom. The second kappa shape index (κ2) is 7.64. The predicted octanol–water partition coefficient (Wildman–Crippen LogP) is 3.31. The van der Waals surface area contributed by atoms with Gasteiger partial charge in [-0.3, -0.25) is 5.10 Å². The van der Waals surface area contributed by atoms with E-state index in [4.69, 9.17) is 0 Å². The monoisotopic (exact) mass is 196 g/mol. The Labute approximate surface area is 76.2 Å². The van der Waals surface area contributed by atoms with Gasteiger partial charge in [0.1, 0.15) is 0 Å². The maximum atomic E-state index is 10.4. The van der Waals surface area contributed by atoms with Gasteiger partial charge < -0.3 is 0 Å². The first-order valence-corrected chi connectivity index (χ1v) is 3.91. The molecule has 0 aliphatic rings. The van der Waals surface area contributed by atoms with Crippen LogP contribution in [0.4, 0.5) is 13.2 Å². The number of alkyl halides is 3. The molecule has 0 amide bonds. The normalized spacial score (nSPS) is 9.15. The van der Waals surface area contributed by atoms with Crippen molar-refractivity contribution in [3.63, 3.8) is 0 Å². The van der Waals surface area contributed by atoms with Crippen molar-refractivity contribution in [3.8, 4) is 0 Å². The number of nitrogens with zero attached hydrogens (tertiary/aromatic N) is 1.